The molecule has 0 saturated carbocycles. The number of hydrogen-bond acceptors (Lipinski definition) is 4. The van der Waals surface area contributed by atoms with Crippen LogP contribution in [0.4, 0.5) is 40.4 Å². The number of H-pyrrole nitrogens is 1. The maximum atomic E-state index is 14.8. The smallest absolute Gasteiger partial charge is 0.262 e. The van der Waals surface area contributed by atoms with Gasteiger partial charge in [0, 0.05) is 29.9 Å². The number of rotatable bonds is 0. The molecule has 32 heavy (non-hydrogen) atoms. The Morgan fingerprint density at radius 1 is 0.812 bits per heavy atom. The van der Waals surface area contributed by atoms with Crippen molar-refractivity contribution >= 4 is 28.8 Å². The van der Waals surface area contributed by atoms with E-state index in [0.29, 0.717) is 18.7 Å². The van der Waals surface area contributed by atoms with Crippen LogP contribution in [0.2, 0.25) is 0 Å². The van der Waals surface area contributed by atoms with Gasteiger partial charge in [0.2, 0.25) is 5.56 Å². The molecule has 3 heterocycles. The molecule has 1 aromatic heterocycles. The van der Waals surface area contributed by atoms with Crippen LogP contribution in [-0.2, 0) is 6.42 Å². The predicted molar refractivity (Wildman–Crippen MR) is 110 cm³/mol. The molecule has 2 aliphatic rings. The number of carbonyl (C=O) groups excluding carboxylic acids is 1. The Kier molecular flexibility index (Phi) is 4.65. The van der Waals surface area contributed by atoms with Crippen LogP contribution in [0.15, 0.2) is 41.2 Å². The number of hydrogen-bond donors (Lipinski definition) is 2. The number of pyridine rings is 1. The van der Waals surface area contributed by atoms with Crippen molar-refractivity contribution in [3.05, 3.63) is 81.1 Å². The van der Waals surface area contributed by atoms with Gasteiger partial charge < -0.3 is 15.2 Å². The highest BCUT2D eigenvalue weighted by Gasteiger charge is 2.35. The number of amides is 1. The number of fused-ring (bicyclic) bond motifs is 8. The average molecular weight is 444 g/mol. The number of benzene rings is 2. The zero-order valence-corrected chi connectivity index (χ0v) is 16.5. The van der Waals surface area contributed by atoms with Crippen molar-refractivity contribution < 1.29 is 22.4 Å². The molecule has 10 heteroatoms. The average Bonchev–Trinajstić information content (AvgIpc) is 2.79. The van der Waals surface area contributed by atoms with E-state index in [1.54, 1.807) is 0 Å². The Bertz CT molecular complexity index is 1320. The fraction of sp³-hybridized carbons (Fsp3) is 0.182. The zero-order valence-electron chi connectivity index (χ0n) is 16.5. The van der Waals surface area contributed by atoms with Gasteiger partial charge in [0.15, 0.2) is 23.3 Å². The first-order chi connectivity index (χ1) is 15.3. The Balaban J connectivity index is 1.80. The van der Waals surface area contributed by atoms with E-state index >= 15 is 0 Å². The van der Waals surface area contributed by atoms with Gasteiger partial charge in [-0.1, -0.05) is 0 Å². The Morgan fingerprint density at radius 3 is 2.38 bits per heavy atom. The van der Waals surface area contributed by atoms with Gasteiger partial charge in [0.05, 0.1) is 16.9 Å². The fourth-order valence-corrected chi connectivity index (χ4v) is 4.13. The van der Waals surface area contributed by atoms with Gasteiger partial charge >= 0.3 is 0 Å². The van der Waals surface area contributed by atoms with Crippen molar-refractivity contribution in [2.75, 3.05) is 28.3 Å². The molecule has 1 amide bonds. The third-order valence-electron chi connectivity index (χ3n) is 5.64. The van der Waals surface area contributed by atoms with E-state index in [-0.39, 0.29) is 41.4 Å². The maximum Gasteiger partial charge on any atom is 0.262 e. The summed E-state index contributed by atoms with van der Waals surface area (Å²) in [7, 11) is 0. The highest BCUT2D eigenvalue weighted by Crippen LogP contribution is 2.40. The van der Waals surface area contributed by atoms with E-state index in [0.717, 1.165) is 18.2 Å². The summed E-state index contributed by atoms with van der Waals surface area (Å²) in [6.45, 7) is 0.0935. The monoisotopic (exact) mass is 444 g/mol. The second kappa shape index (κ2) is 7.40. The number of carbonyl (C=O) groups is 1. The number of aromatic nitrogens is 1. The van der Waals surface area contributed by atoms with Crippen molar-refractivity contribution in [2.24, 2.45) is 0 Å². The molecule has 2 aromatic carbocycles. The molecule has 164 valence electrons. The molecule has 0 aliphatic carbocycles. The lowest BCUT2D eigenvalue weighted by Gasteiger charge is -2.39. The molecule has 0 radical (unpaired) electrons. The topological polar surface area (TPSA) is 68.4 Å². The molecule has 6 nitrogen and oxygen atoms in total. The highest BCUT2D eigenvalue weighted by atomic mass is 19.2. The summed E-state index contributed by atoms with van der Waals surface area (Å²) in [6, 6.07) is 6.64. The third kappa shape index (κ3) is 3.10. The first-order valence-electron chi connectivity index (χ1n) is 9.87. The number of nitrogens with zero attached hydrogens (tertiary/aromatic N) is 2. The molecule has 0 fully saturated rings. The minimum Gasteiger partial charge on any atom is -0.370 e. The second-order valence-electron chi connectivity index (χ2n) is 7.56. The van der Waals surface area contributed by atoms with Crippen molar-refractivity contribution in [1.29, 1.82) is 0 Å². The molecule has 0 spiro atoms. The fourth-order valence-electron chi connectivity index (χ4n) is 4.13. The lowest BCUT2D eigenvalue weighted by molar-refractivity contribution is 0.0983. The molecular formula is C22H16F4N4O2. The number of aromatic amines is 1. The summed E-state index contributed by atoms with van der Waals surface area (Å²) in [5, 5.41) is 3.02. The first kappa shape index (κ1) is 20.1. The molecule has 2 N–H and O–H groups in total. The number of anilines is 4. The minimum absolute atomic E-state index is 0.0376. The van der Waals surface area contributed by atoms with E-state index in [2.05, 4.69) is 10.3 Å². The molecule has 2 aliphatic heterocycles. The maximum absolute atomic E-state index is 14.8. The van der Waals surface area contributed by atoms with Gasteiger partial charge in [0.1, 0.15) is 12.5 Å². The second-order valence-corrected chi connectivity index (χ2v) is 7.56. The van der Waals surface area contributed by atoms with Crippen molar-refractivity contribution in [2.45, 2.75) is 12.8 Å². The van der Waals surface area contributed by atoms with Crippen molar-refractivity contribution in [3.63, 3.8) is 0 Å². The van der Waals surface area contributed by atoms with Crippen LogP contribution >= 0.6 is 0 Å². The molecule has 0 unspecified atom stereocenters. The summed E-state index contributed by atoms with van der Waals surface area (Å²) in [5.41, 5.74) is 0.0777. The molecule has 2 bridgehead atoms. The van der Waals surface area contributed by atoms with Gasteiger partial charge in [-0.2, -0.15) is 0 Å². The highest BCUT2D eigenvalue weighted by molar-refractivity contribution is 6.13. The van der Waals surface area contributed by atoms with Crippen molar-refractivity contribution in [3.8, 4) is 0 Å². The zero-order chi connectivity index (χ0) is 22.6. The van der Waals surface area contributed by atoms with E-state index in [1.807, 2.05) is 0 Å². The normalized spacial score (nSPS) is 15.3. The lowest BCUT2D eigenvalue weighted by atomic mass is 10.0. The number of nitrogens with one attached hydrogen (secondary N) is 2. The predicted octanol–water partition coefficient (Wildman–Crippen LogP) is 4.05. The van der Waals surface area contributed by atoms with Gasteiger partial charge in [-0.05, 0) is 37.1 Å². The van der Waals surface area contributed by atoms with Crippen LogP contribution in [-0.4, -0.2) is 24.1 Å². The Labute approximate surface area is 179 Å². The Morgan fingerprint density at radius 2 is 1.56 bits per heavy atom. The quantitative estimate of drug-likeness (QED) is 0.514. The minimum atomic E-state index is -1.21. The van der Waals surface area contributed by atoms with Gasteiger partial charge in [0.25, 0.3) is 5.91 Å². The third-order valence-corrected chi connectivity index (χ3v) is 5.64. The van der Waals surface area contributed by atoms with E-state index in [9.17, 15) is 27.2 Å². The van der Waals surface area contributed by atoms with Crippen LogP contribution in [0.1, 0.15) is 22.3 Å². The standard InChI is InChI=1S/C22H16F4N4O2/c23-13-3-4-16-11(20(13)26)2-1-7-27-21-17(5-6-19(31)28-21)30-10-29(16)18-9-15(25)14(24)8-12(18)22(30)32/h3-6,8-9H,1-2,7,10H2,(H2,27,28,31). The SMILES string of the molecule is O=C1c2cc(F)c(F)cc2N2CN1c1ccc(=O)[nH]c1NCCCc1c2ccc(F)c1F. The molecular weight excluding hydrogens is 428 g/mol. The summed E-state index contributed by atoms with van der Waals surface area (Å²) in [5.74, 6) is -4.83. The van der Waals surface area contributed by atoms with Crippen LogP contribution in [0.5, 0.6) is 0 Å². The molecule has 0 atom stereocenters. The first-order valence-corrected chi connectivity index (χ1v) is 9.87. The van der Waals surface area contributed by atoms with Gasteiger partial charge in [-0.3, -0.25) is 14.5 Å². The number of halogens is 4. The van der Waals surface area contributed by atoms with E-state index < -0.39 is 34.7 Å². The molecule has 3 aromatic rings. The van der Waals surface area contributed by atoms with Crippen LogP contribution in [0, 0.1) is 23.3 Å². The van der Waals surface area contributed by atoms with E-state index in [1.165, 1.54) is 28.0 Å². The summed E-state index contributed by atoms with van der Waals surface area (Å²) < 4.78 is 57.0. The van der Waals surface area contributed by atoms with Crippen LogP contribution < -0.4 is 20.7 Å². The van der Waals surface area contributed by atoms with Gasteiger partial charge in [-0.15, -0.1) is 0 Å². The Hall–Kier alpha value is -3.82. The largest absolute Gasteiger partial charge is 0.370 e. The summed E-state index contributed by atoms with van der Waals surface area (Å²) in [4.78, 5) is 30.5. The van der Waals surface area contributed by atoms with Gasteiger partial charge in [-0.25, -0.2) is 17.6 Å². The van der Waals surface area contributed by atoms with Crippen LogP contribution in [0.25, 0.3) is 0 Å². The molecule has 0 saturated heterocycles. The van der Waals surface area contributed by atoms with E-state index in [4.69, 9.17) is 0 Å². The lowest BCUT2D eigenvalue weighted by Crippen LogP contribution is -2.46. The summed E-state index contributed by atoms with van der Waals surface area (Å²) in [6.07, 6.45) is 0.498. The summed E-state index contributed by atoms with van der Waals surface area (Å²) >= 11 is 0. The van der Waals surface area contributed by atoms with Crippen molar-refractivity contribution in [1.82, 2.24) is 4.98 Å². The van der Waals surface area contributed by atoms with Crippen LogP contribution in [0.3, 0.4) is 0 Å². The molecule has 5 rings (SSSR count).